The summed E-state index contributed by atoms with van der Waals surface area (Å²) >= 11 is 0. The lowest BCUT2D eigenvalue weighted by Gasteiger charge is -2.28. The van der Waals surface area contributed by atoms with Gasteiger partial charge in [-0.05, 0) is 25.6 Å². The Labute approximate surface area is 150 Å². The van der Waals surface area contributed by atoms with Gasteiger partial charge in [-0.2, -0.15) is 0 Å². The number of nitrogens with zero attached hydrogens (tertiary/aromatic N) is 3. The van der Waals surface area contributed by atoms with Gasteiger partial charge in [0, 0.05) is 26.7 Å². The van der Waals surface area contributed by atoms with Crippen molar-refractivity contribution in [1.29, 1.82) is 0 Å². The number of ether oxygens (including phenoxy) is 1. The van der Waals surface area contributed by atoms with Gasteiger partial charge in [-0.15, -0.1) is 0 Å². The van der Waals surface area contributed by atoms with Crippen LogP contribution in [0.15, 0.2) is 35.3 Å². The van der Waals surface area contributed by atoms with E-state index >= 15 is 0 Å². The maximum Gasteiger partial charge on any atom is 0.310 e. The van der Waals surface area contributed by atoms with Crippen LogP contribution in [0.4, 0.5) is 0 Å². The van der Waals surface area contributed by atoms with E-state index in [1.807, 2.05) is 6.07 Å². The number of benzene rings is 1. The van der Waals surface area contributed by atoms with Crippen molar-refractivity contribution in [3.05, 3.63) is 35.9 Å². The predicted molar refractivity (Wildman–Crippen MR) is 100 cm³/mol. The Hall–Kier alpha value is -2.08. The lowest BCUT2D eigenvalue weighted by Crippen LogP contribution is -2.43. The van der Waals surface area contributed by atoms with E-state index in [0.717, 1.165) is 19.0 Å². The topological polar surface area (TPSA) is 57.2 Å². The molecule has 0 aromatic heterocycles. The average molecular weight is 346 g/mol. The van der Waals surface area contributed by atoms with Crippen LogP contribution >= 0.6 is 0 Å². The van der Waals surface area contributed by atoms with E-state index in [1.165, 1.54) is 12.7 Å². The maximum atomic E-state index is 11.9. The molecule has 138 valence electrons. The second kappa shape index (κ2) is 8.85. The molecule has 6 nitrogen and oxygen atoms in total. The highest BCUT2D eigenvalue weighted by atomic mass is 16.5. The molecule has 1 fully saturated rings. The van der Waals surface area contributed by atoms with E-state index in [2.05, 4.69) is 65.4 Å². The SMILES string of the molecule is CN=C(NCC(c1ccccc1)N(C)C)N1CC(C)C(C(=O)OC)C1. The summed E-state index contributed by atoms with van der Waals surface area (Å²) in [5.41, 5.74) is 1.26. The molecule has 1 heterocycles. The van der Waals surface area contributed by atoms with E-state index < -0.39 is 0 Å². The van der Waals surface area contributed by atoms with E-state index in [0.29, 0.717) is 6.54 Å². The molecule has 1 aromatic carbocycles. The summed E-state index contributed by atoms with van der Waals surface area (Å²) in [7, 11) is 7.39. The average Bonchev–Trinajstić information content (AvgIpc) is 3.00. The lowest BCUT2D eigenvalue weighted by atomic mass is 9.99. The monoisotopic (exact) mass is 346 g/mol. The molecule has 25 heavy (non-hydrogen) atoms. The van der Waals surface area contributed by atoms with Gasteiger partial charge in [0.2, 0.25) is 0 Å². The van der Waals surface area contributed by atoms with Gasteiger partial charge in [0.05, 0.1) is 19.1 Å². The van der Waals surface area contributed by atoms with Gasteiger partial charge in [0.15, 0.2) is 5.96 Å². The number of aliphatic imine (C=N–C) groups is 1. The van der Waals surface area contributed by atoms with Gasteiger partial charge >= 0.3 is 5.97 Å². The first kappa shape index (κ1) is 19.2. The summed E-state index contributed by atoms with van der Waals surface area (Å²) in [5, 5.41) is 3.47. The zero-order chi connectivity index (χ0) is 18.4. The van der Waals surface area contributed by atoms with Crippen LogP contribution in [-0.4, -0.2) is 69.6 Å². The first-order chi connectivity index (χ1) is 12.0. The number of likely N-dealkylation sites (N-methyl/N-ethyl adjacent to an activating group) is 1. The van der Waals surface area contributed by atoms with E-state index in [4.69, 9.17) is 4.74 Å². The zero-order valence-electron chi connectivity index (χ0n) is 15.9. The van der Waals surface area contributed by atoms with Crippen LogP contribution in [0.5, 0.6) is 0 Å². The molecule has 1 aromatic rings. The van der Waals surface area contributed by atoms with Gasteiger partial charge in [-0.1, -0.05) is 37.3 Å². The minimum atomic E-state index is -0.138. The standard InChI is InChI=1S/C19H30N4O2/c1-14-12-23(13-16(14)18(24)25-5)19(20-2)21-11-17(22(3)4)15-9-7-6-8-10-15/h6-10,14,16-17H,11-13H2,1-5H3,(H,20,21). The fourth-order valence-corrected chi connectivity index (χ4v) is 3.39. The summed E-state index contributed by atoms with van der Waals surface area (Å²) in [6.45, 7) is 4.28. The summed E-state index contributed by atoms with van der Waals surface area (Å²) in [6.07, 6.45) is 0. The number of methoxy groups -OCH3 is 1. The highest BCUT2D eigenvalue weighted by Gasteiger charge is 2.37. The van der Waals surface area contributed by atoms with Crippen LogP contribution in [0.3, 0.4) is 0 Å². The van der Waals surface area contributed by atoms with Gasteiger partial charge in [-0.25, -0.2) is 0 Å². The molecule has 3 atom stereocenters. The highest BCUT2D eigenvalue weighted by Crippen LogP contribution is 2.24. The molecule has 0 saturated carbocycles. The normalized spacial score (nSPS) is 22.2. The molecular weight excluding hydrogens is 316 g/mol. The molecule has 1 saturated heterocycles. The molecule has 1 N–H and O–H groups in total. The van der Waals surface area contributed by atoms with Crippen LogP contribution < -0.4 is 5.32 Å². The molecule has 0 radical (unpaired) electrons. The van der Waals surface area contributed by atoms with Crippen molar-refractivity contribution >= 4 is 11.9 Å². The van der Waals surface area contributed by atoms with E-state index in [1.54, 1.807) is 7.05 Å². The van der Waals surface area contributed by atoms with E-state index in [-0.39, 0.29) is 23.8 Å². The van der Waals surface area contributed by atoms with Crippen LogP contribution in [0.1, 0.15) is 18.5 Å². The summed E-state index contributed by atoms with van der Waals surface area (Å²) < 4.78 is 4.92. The summed E-state index contributed by atoms with van der Waals surface area (Å²) in [4.78, 5) is 20.7. The Morgan fingerprint density at radius 2 is 2.04 bits per heavy atom. The van der Waals surface area contributed by atoms with Crippen molar-refractivity contribution in [3.63, 3.8) is 0 Å². The molecule has 1 aliphatic heterocycles. The van der Waals surface area contributed by atoms with Crippen LogP contribution in [0, 0.1) is 11.8 Å². The Morgan fingerprint density at radius 1 is 1.36 bits per heavy atom. The van der Waals surface area contributed by atoms with Crippen molar-refractivity contribution < 1.29 is 9.53 Å². The Kier molecular flexibility index (Phi) is 6.82. The van der Waals surface area contributed by atoms with Crippen molar-refractivity contribution in [1.82, 2.24) is 15.1 Å². The molecule has 0 bridgehead atoms. The number of hydrogen-bond donors (Lipinski definition) is 1. The van der Waals surface area contributed by atoms with Crippen molar-refractivity contribution in [2.45, 2.75) is 13.0 Å². The van der Waals surface area contributed by atoms with Gasteiger partial charge < -0.3 is 19.9 Å². The van der Waals surface area contributed by atoms with E-state index in [9.17, 15) is 4.79 Å². The second-order valence-electron chi connectivity index (χ2n) is 6.83. The van der Waals surface area contributed by atoms with Crippen molar-refractivity contribution in [3.8, 4) is 0 Å². The molecule has 0 amide bonds. The smallest absolute Gasteiger partial charge is 0.310 e. The number of carbonyl (C=O) groups excluding carboxylic acids is 1. The highest BCUT2D eigenvalue weighted by molar-refractivity contribution is 5.82. The minimum Gasteiger partial charge on any atom is -0.469 e. The molecule has 6 heteroatoms. The van der Waals surface area contributed by atoms with Crippen LogP contribution in [-0.2, 0) is 9.53 Å². The van der Waals surface area contributed by atoms with Crippen LogP contribution in [0.2, 0.25) is 0 Å². The first-order valence-corrected chi connectivity index (χ1v) is 8.72. The maximum absolute atomic E-state index is 11.9. The third-order valence-electron chi connectivity index (χ3n) is 4.89. The largest absolute Gasteiger partial charge is 0.469 e. The molecule has 3 unspecified atom stereocenters. The molecule has 0 aliphatic carbocycles. The van der Waals surface area contributed by atoms with Gasteiger partial charge in [0.1, 0.15) is 0 Å². The predicted octanol–water partition coefficient (Wildman–Crippen LogP) is 1.61. The minimum absolute atomic E-state index is 0.0951. The first-order valence-electron chi connectivity index (χ1n) is 8.72. The third kappa shape index (κ3) is 4.72. The quantitative estimate of drug-likeness (QED) is 0.499. The van der Waals surface area contributed by atoms with Gasteiger partial charge in [-0.3, -0.25) is 9.79 Å². The zero-order valence-corrected chi connectivity index (χ0v) is 15.9. The molecule has 1 aliphatic rings. The number of rotatable bonds is 5. The number of guanidine groups is 1. The third-order valence-corrected chi connectivity index (χ3v) is 4.89. The molecule has 0 spiro atoms. The van der Waals surface area contributed by atoms with Crippen molar-refractivity contribution in [2.75, 3.05) is 47.9 Å². The second-order valence-corrected chi connectivity index (χ2v) is 6.83. The number of likely N-dealkylation sites (tertiary alicyclic amines) is 1. The van der Waals surface area contributed by atoms with Gasteiger partial charge in [0.25, 0.3) is 0 Å². The number of esters is 1. The fraction of sp³-hybridized carbons (Fsp3) is 0.579. The molecule has 2 rings (SSSR count). The fourth-order valence-electron chi connectivity index (χ4n) is 3.39. The number of hydrogen-bond acceptors (Lipinski definition) is 4. The number of carbonyl (C=O) groups is 1. The van der Waals surface area contributed by atoms with Crippen LogP contribution in [0.25, 0.3) is 0 Å². The van der Waals surface area contributed by atoms with Crippen molar-refractivity contribution in [2.24, 2.45) is 16.8 Å². The molecular formula is C19H30N4O2. The number of nitrogens with one attached hydrogen (secondary N) is 1. The Morgan fingerprint density at radius 3 is 2.60 bits per heavy atom. The Balaban J connectivity index is 2.01. The summed E-state index contributed by atoms with van der Waals surface area (Å²) in [5.74, 6) is 0.856. The lowest BCUT2D eigenvalue weighted by molar-refractivity contribution is -0.145. The summed E-state index contributed by atoms with van der Waals surface area (Å²) in [6, 6.07) is 10.7. The Bertz CT molecular complexity index is 588.